The maximum atomic E-state index is 12.0. The van der Waals surface area contributed by atoms with Crippen molar-refractivity contribution >= 4 is 40.7 Å². The summed E-state index contributed by atoms with van der Waals surface area (Å²) < 4.78 is 0. The minimum atomic E-state index is -0.772. The van der Waals surface area contributed by atoms with Gasteiger partial charge in [0.05, 0.1) is 10.7 Å². The summed E-state index contributed by atoms with van der Waals surface area (Å²) in [5, 5.41) is 5.95. The molecule has 0 radical (unpaired) electrons. The van der Waals surface area contributed by atoms with Crippen molar-refractivity contribution in [1.29, 1.82) is 0 Å². The van der Waals surface area contributed by atoms with Gasteiger partial charge in [0.25, 0.3) is 0 Å². The largest absolute Gasteiger partial charge is 0.343 e. The summed E-state index contributed by atoms with van der Waals surface area (Å²) in [7, 11) is 0. The third-order valence-corrected chi connectivity index (χ3v) is 3.37. The number of amides is 2. The van der Waals surface area contributed by atoms with Gasteiger partial charge in [-0.25, -0.2) is 0 Å². The summed E-state index contributed by atoms with van der Waals surface area (Å²) in [6, 6.07) is 4.66. The fourth-order valence-corrected chi connectivity index (χ4v) is 2.84. The molecule has 2 N–H and O–H groups in total. The standard InChI is InChI=1S/C16H22Cl2N2O2/c1-15(2,3)9-16(4,5)20-14(22)13(21)19-12-8-10(17)6-7-11(12)18/h6-8H,9H2,1-5H3,(H,19,21)(H,20,22). The second-order valence-corrected chi connectivity index (χ2v) is 8.00. The van der Waals surface area contributed by atoms with Crippen LogP contribution in [0.1, 0.15) is 41.0 Å². The lowest BCUT2D eigenvalue weighted by Gasteiger charge is -2.33. The molecule has 0 aliphatic carbocycles. The predicted octanol–water partition coefficient (Wildman–Crippen LogP) is 4.26. The average Bonchev–Trinajstić information content (AvgIpc) is 2.29. The maximum Gasteiger partial charge on any atom is 0.313 e. The molecule has 22 heavy (non-hydrogen) atoms. The number of carbonyl (C=O) groups excluding carboxylic acids is 2. The molecule has 0 saturated carbocycles. The Kier molecular flexibility index (Phi) is 5.88. The Hall–Kier alpha value is -1.26. The van der Waals surface area contributed by atoms with Gasteiger partial charge in [0.2, 0.25) is 0 Å². The molecule has 0 spiro atoms. The lowest BCUT2D eigenvalue weighted by Crippen LogP contribution is -2.49. The first-order valence-electron chi connectivity index (χ1n) is 6.98. The van der Waals surface area contributed by atoms with E-state index < -0.39 is 17.4 Å². The Labute approximate surface area is 141 Å². The highest BCUT2D eigenvalue weighted by molar-refractivity contribution is 6.42. The van der Waals surface area contributed by atoms with Gasteiger partial charge in [-0.05, 0) is 43.9 Å². The minimum Gasteiger partial charge on any atom is -0.343 e. The van der Waals surface area contributed by atoms with E-state index in [2.05, 4.69) is 31.4 Å². The third-order valence-electron chi connectivity index (χ3n) is 2.81. The first-order chi connectivity index (χ1) is 9.89. The summed E-state index contributed by atoms with van der Waals surface area (Å²) in [5.41, 5.74) is -0.156. The van der Waals surface area contributed by atoms with Crippen LogP contribution in [0.25, 0.3) is 0 Å². The van der Waals surface area contributed by atoms with Gasteiger partial charge in [-0.1, -0.05) is 44.0 Å². The lowest BCUT2D eigenvalue weighted by molar-refractivity contribution is -0.137. The summed E-state index contributed by atoms with van der Waals surface area (Å²) >= 11 is 11.8. The highest BCUT2D eigenvalue weighted by Crippen LogP contribution is 2.27. The van der Waals surface area contributed by atoms with Crippen LogP contribution in [-0.4, -0.2) is 17.4 Å². The van der Waals surface area contributed by atoms with Gasteiger partial charge in [0, 0.05) is 10.6 Å². The molecule has 0 aliphatic heterocycles. The van der Waals surface area contributed by atoms with Gasteiger partial charge < -0.3 is 10.6 Å². The van der Waals surface area contributed by atoms with Crippen LogP contribution in [0.4, 0.5) is 5.69 Å². The molecule has 0 saturated heterocycles. The number of rotatable bonds is 3. The van der Waals surface area contributed by atoms with Crippen molar-refractivity contribution in [3.05, 3.63) is 28.2 Å². The van der Waals surface area contributed by atoms with E-state index in [0.29, 0.717) is 15.7 Å². The Morgan fingerprint density at radius 3 is 2.18 bits per heavy atom. The number of hydrogen-bond donors (Lipinski definition) is 2. The van der Waals surface area contributed by atoms with Crippen LogP contribution in [0.2, 0.25) is 10.0 Å². The number of halogens is 2. The van der Waals surface area contributed by atoms with Gasteiger partial charge in [-0.2, -0.15) is 0 Å². The van der Waals surface area contributed by atoms with Crippen molar-refractivity contribution in [2.45, 2.75) is 46.6 Å². The van der Waals surface area contributed by atoms with E-state index in [-0.39, 0.29) is 5.41 Å². The van der Waals surface area contributed by atoms with E-state index in [1.165, 1.54) is 6.07 Å². The number of benzene rings is 1. The van der Waals surface area contributed by atoms with Gasteiger partial charge in [-0.3, -0.25) is 9.59 Å². The Morgan fingerprint density at radius 1 is 1.05 bits per heavy atom. The molecule has 4 nitrogen and oxygen atoms in total. The van der Waals surface area contributed by atoms with E-state index in [1.54, 1.807) is 12.1 Å². The summed E-state index contributed by atoms with van der Waals surface area (Å²) in [5.74, 6) is -1.48. The van der Waals surface area contributed by atoms with Gasteiger partial charge >= 0.3 is 11.8 Å². The number of carbonyl (C=O) groups is 2. The van der Waals surface area contributed by atoms with E-state index in [1.807, 2.05) is 13.8 Å². The van der Waals surface area contributed by atoms with Crippen molar-refractivity contribution in [3.8, 4) is 0 Å². The molecular formula is C16H22Cl2N2O2. The molecule has 6 heteroatoms. The van der Waals surface area contributed by atoms with Crippen LogP contribution in [0.3, 0.4) is 0 Å². The molecule has 0 aliphatic rings. The first-order valence-corrected chi connectivity index (χ1v) is 7.74. The molecule has 1 rings (SSSR count). The molecular weight excluding hydrogens is 323 g/mol. The predicted molar refractivity (Wildman–Crippen MR) is 91.4 cm³/mol. The molecule has 0 bridgehead atoms. The smallest absolute Gasteiger partial charge is 0.313 e. The van der Waals surface area contributed by atoms with Crippen molar-refractivity contribution in [1.82, 2.24) is 5.32 Å². The average molecular weight is 345 g/mol. The molecule has 122 valence electrons. The zero-order valence-corrected chi connectivity index (χ0v) is 15.0. The second kappa shape index (κ2) is 6.88. The molecule has 1 aromatic rings. The van der Waals surface area contributed by atoms with Gasteiger partial charge in [0.1, 0.15) is 0 Å². The first kappa shape index (κ1) is 18.8. The van der Waals surface area contributed by atoms with Crippen molar-refractivity contribution < 1.29 is 9.59 Å². The topological polar surface area (TPSA) is 58.2 Å². The lowest BCUT2D eigenvalue weighted by atomic mass is 9.82. The SMILES string of the molecule is CC(C)(C)CC(C)(C)NC(=O)C(=O)Nc1cc(Cl)ccc1Cl. The maximum absolute atomic E-state index is 12.0. The highest BCUT2D eigenvalue weighted by Gasteiger charge is 2.29. The molecule has 0 unspecified atom stereocenters. The van der Waals surface area contributed by atoms with Crippen LogP contribution in [-0.2, 0) is 9.59 Å². The summed E-state index contributed by atoms with van der Waals surface area (Å²) in [6.45, 7) is 10.00. The summed E-state index contributed by atoms with van der Waals surface area (Å²) in [4.78, 5) is 24.0. The fourth-order valence-electron chi connectivity index (χ4n) is 2.51. The Morgan fingerprint density at radius 2 is 1.64 bits per heavy atom. The van der Waals surface area contributed by atoms with Crippen LogP contribution in [0.15, 0.2) is 18.2 Å². The van der Waals surface area contributed by atoms with Crippen LogP contribution in [0, 0.1) is 5.41 Å². The fraction of sp³-hybridized carbons (Fsp3) is 0.500. The molecule has 0 heterocycles. The minimum absolute atomic E-state index is 0.0313. The molecule has 0 aromatic heterocycles. The number of nitrogens with one attached hydrogen (secondary N) is 2. The van der Waals surface area contributed by atoms with Crippen molar-refractivity contribution in [2.75, 3.05) is 5.32 Å². The van der Waals surface area contributed by atoms with E-state index >= 15 is 0 Å². The molecule has 2 amide bonds. The summed E-state index contributed by atoms with van der Waals surface area (Å²) in [6.07, 6.45) is 0.733. The number of hydrogen-bond acceptors (Lipinski definition) is 2. The molecule has 0 atom stereocenters. The van der Waals surface area contributed by atoms with Crippen LogP contribution in [0.5, 0.6) is 0 Å². The Balaban J connectivity index is 2.73. The molecule has 0 fully saturated rings. The number of anilines is 1. The van der Waals surface area contributed by atoms with Crippen LogP contribution < -0.4 is 10.6 Å². The van der Waals surface area contributed by atoms with Crippen LogP contribution >= 0.6 is 23.2 Å². The quantitative estimate of drug-likeness (QED) is 0.804. The van der Waals surface area contributed by atoms with E-state index in [4.69, 9.17) is 23.2 Å². The monoisotopic (exact) mass is 344 g/mol. The second-order valence-electron chi connectivity index (χ2n) is 7.15. The van der Waals surface area contributed by atoms with Gasteiger partial charge in [-0.15, -0.1) is 0 Å². The Bertz CT molecular complexity index is 578. The van der Waals surface area contributed by atoms with E-state index in [0.717, 1.165) is 6.42 Å². The normalized spacial score (nSPS) is 12.0. The third kappa shape index (κ3) is 6.24. The molecule has 1 aromatic carbocycles. The van der Waals surface area contributed by atoms with Crippen molar-refractivity contribution in [3.63, 3.8) is 0 Å². The highest BCUT2D eigenvalue weighted by atomic mass is 35.5. The zero-order valence-electron chi connectivity index (χ0n) is 13.5. The van der Waals surface area contributed by atoms with Gasteiger partial charge in [0.15, 0.2) is 0 Å². The zero-order chi connectivity index (χ0) is 17.1. The van der Waals surface area contributed by atoms with Crippen molar-refractivity contribution in [2.24, 2.45) is 5.41 Å². The van der Waals surface area contributed by atoms with E-state index in [9.17, 15) is 9.59 Å².